The van der Waals surface area contributed by atoms with Crippen molar-refractivity contribution >= 4 is 11.9 Å². The summed E-state index contributed by atoms with van der Waals surface area (Å²) in [6, 6.07) is 0. The zero-order valence-electron chi connectivity index (χ0n) is 12.3. The summed E-state index contributed by atoms with van der Waals surface area (Å²) in [6.07, 6.45) is -0.456. The maximum absolute atomic E-state index is 11.8. The van der Waals surface area contributed by atoms with Crippen LogP contribution in [-0.2, 0) is 19.1 Å². The molecular weight excluding hydrogens is 264 g/mol. The highest BCUT2D eigenvalue weighted by Crippen LogP contribution is 2.38. The number of rotatable bonds is 3. The first kappa shape index (κ1) is 15.3. The number of cyclic esters (lactones) is 2. The Morgan fingerprint density at radius 1 is 0.850 bits per heavy atom. The molecule has 0 radical (unpaired) electrons. The van der Waals surface area contributed by atoms with Crippen molar-refractivity contribution in [2.24, 2.45) is 11.8 Å². The van der Waals surface area contributed by atoms with Gasteiger partial charge in [0.05, 0.1) is 23.0 Å². The molecule has 20 heavy (non-hydrogen) atoms. The number of ether oxygens (including phenoxy) is 2. The molecule has 0 aromatic rings. The first-order valence-corrected chi connectivity index (χ1v) is 6.86. The number of aliphatic hydroxyl groups is 2. The van der Waals surface area contributed by atoms with Gasteiger partial charge in [0, 0.05) is 12.8 Å². The number of esters is 2. The van der Waals surface area contributed by atoms with Crippen LogP contribution >= 0.6 is 0 Å². The maximum Gasteiger partial charge on any atom is 0.312 e. The van der Waals surface area contributed by atoms with E-state index in [9.17, 15) is 19.8 Å². The average molecular weight is 286 g/mol. The van der Waals surface area contributed by atoms with Crippen LogP contribution in [-0.4, -0.2) is 45.6 Å². The Bertz CT molecular complexity index is 376. The third-order valence-corrected chi connectivity index (χ3v) is 4.16. The molecule has 0 amide bonds. The van der Waals surface area contributed by atoms with Crippen LogP contribution in [0.15, 0.2) is 0 Å². The van der Waals surface area contributed by atoms with E-state index in [4.69, 9.17) is 9.47 Å². The number of carbonyl (C=O) groups is 2. The predicted molar refractivity (Wildman–Crippen MR) is 68.6 cm³/mol. The SMILES string of the molecule is CC(C)(O)C1CC(C2CC(C(C)(C)O)C(=O)O2)OC1=O. The molecular formula is C14H22O6. The fourth-order valence-electron chi connectivity index (χ4n) is 2.82. The largest absolute Gasteiger partial charge is 0.458 e. The van der Waals surface area contributed by atoms with Gasteiger partial charge in [-0.05, 0) is 27.7 Å². The van der Waals surface area contributed by atoms with Crippen LogP contribution in [0.25, 0.3) is 0 Å². The molecule has 6 nitrogen and oxygen atoms in total. The lowest BCUT2D eigenvalue weighted by Crippen LogP contribution is -2.34. The molecule has 0 aromatic carbocycles. The van der Waals surface area contributed by atoms with E-state index >= 15 is 0 Å². The van der Waals surface area contributed by atoms with E-state index < -0.39 is 47.2 Å². The van der Waals surface area contributed by atoms with Crippen LogP contribution in [0.2, 0.25) is 0 Å². The summed E-state index contributed by atoms with van der Waals surface area (Å²) in [6.45, 7) is 6.23. The number of hydrogen-bond acceptors (Lipinski definition) is 6. The van der Waals surface area contributed by atoms with Gasteiger partial charge in [0.25, 0.3) is 0 Å². The Morgan fingerprint density at radius 3 is 1.35 bits per heavy atom. The van der Waals surface area contributed by atoms with Crippen molar-refractivity contribution in [1.82, 2.24) is 0 Å². The molecule has 2 aliphatic heterocycles. The number of carbonyl (C=O) groups excluding carboxylic acids is 2. The summed E-state index contributed by atoms with van der Waals surface area (Å²) in [5.74, 6) is -2.17. The first-order chi connectivity index (χ1) is 9.00. The van der Waals surface area contributed by atoms with Gasteiger partial charge in [-0.2, -0.15) is 0 Å². The van der Waals surface area contributed by atoms with Gasteiger partial charge in [0.1, 0.15) is 12.2 Å². The molecule has 0 bridgehead atoms. The van der Waals surface area contributed by atoms with E-state index in [2.05, 4.69) is 0 Å². The Labute approximate surface area is 118 Å². The second-order valence-electron chi connectivity index (χ2n) is 6.83. The highest BCUT2D eigenvalue weighted by Gasteiger charge is 2.52. The van der Waals surface area contributed by atoms with E-state index in [0.29, 0.717) is 12.8 Å². The Hall–Kier alpha value is -1.14. The van der Waals surface area contributed by atoms with Gasteiger partial charge in [-0.25, -0.2) is 0 Å². The van der Waals surface area contributed by atoms with E-state index in [-0.39, 0.29) is 0 Å². The summed E-state index contributed by atoms with van der Waals surface area (Å²) >= 11 is 0. The lowest BCUT2D eigenvalue weighted by Gasteiger charge is -2.22. The molecule has 2 fully saturated rings. The summed E-state index contributed by atoms with van der Waals surface area (Å²) in [4.78, 5) is 23.6. The van der Waals surface area contributed by atoms with Crippen molar-refractivity contribution in [3.05, 3.63) is 0 Å². The third kappa shape index (κ3) is 2.81. The van der Waals surface area contributed by atoms with Crippen molar-refractivity contribution in [2.75, 3.05) is 0 Å². The molecule has 0 aliphatic carbocycles. The lowest BCUT2D eigenvalue weighted by molar-refractivity contribution is -0.159. The highest BCUT2D eigenvalue weighted by molar-refractivity contribution is 5.78. The zero-order chi connectivity index (χ0) is 15.3. The fourth-order valence-corrected chi connectivity index (χ4v) is 2.82. The Morgan fingerprint density at radius 2 is 1.15 bits per heavy atom. The molecule has 6 heteroatoms. The monoisotopic (exact) mass is 286 g/mol. The van der Waals surface area contributed by atoms with Crippen molar-refractivity contribution in [3.63, 3.8) is 0 Å². The molecule has 0 aromatic heterocycles. The summed E-state index contributed by atoms with van der Waals surface area (Å²) in [5.41, 5.74) is -2.33. The van der Waals surface area contributed by atoms with Crippen LogP contribution in [0.5, 0.6) is 0 Å². The number of hydrogen-bond donors (Lipinski definition) is 2. The van der Waals surface area contributed by atoms with Crippen LogP contribution in [0.3, 0.4) is 0 Å². The van der Waals surface area contributed by atoms with Crippen molar-refractivity contribution < 1.29 is 29.3 Å². The van der Waals surface area contributed by atoms with E-state index in [1.54, 1.807) is 27.7 Å². The quantitative estimate of drug-likeness (QED) is 0.729. The van der Waals surface area contributed by atoms with Gasteiger partial charge < -0.3 is 19.7 Å². The van der Waals surface area contributed by atoms with Crippen molar-refractivity contribution in [3.8, 4) is 0 Å². The first-order valence-electron chi connectivity index (χ1n) is 6.86. The summed E-state index contributed by atoms with van der Waals surface area (Å²) < 4.78 is 10.5. The Balaban J connectivity index is 2.05. The molecule has 2 aliphatic rings. The van der Waals surface area contributed by atoms with Gasteiger partial charge in [0.2, 0.25) is 0 Å². The molecule has 2 saturated heterocycles. The fraction of sp³-hybridized carbons (Fsp3) is 0.857. The van der Waals surface area contributed by atoms with E-state index in [0.717, 1.165) is 0 Å². The van der Waals surface area contributed by atoms with Crippen molar-refractivity contribution in [1.29, 1.82) is 0 Å². The minimum Gasteiger partial charge on any atom is -0.458 e. The van der Waals surface area contributed by atoms with Crippen LogP contribution in [0.1, 0.15) is 40.5 Å². The summed E-state index contributed by atoms with van der Waals surface area (Å²) in [7, 11) is 0. The third-order valence-electron chi connectivity index (χ3n) is 4.16. The summed E-state index contributed by atoms with van der Waals surface area (Å²) in [5, 5.41) is 19.9. The minimum absolute atomic E-state index is 0.318. The molecule has 0 saturated carbocycles. The van der Waals surface area contributed by atoms with E-state index in [1.807, 2.05) is 0 Å². The normalized spacial score (nSPS) is 35.1. The molecule has 0 spiro atoms. The zero-order valence-corrected chi connectivity index (χ0v) is 12.3. The lowest BCUT2D eigenvalue weighted by atomic mass is 9.84. The smallest absolute Gasteiger partial charge is 0.312 e. The van der Waals surface area contributed by atoms with Crippen LogP contribution in [0.4, 0.5) is 0 Å². The standard InChI is InChI=1S/C14H22O6/c1-13(2,17)7-5-9(19-11(7)15)10-6-8(12(16)20-10)14(3,4)18/h7-10,17-18H,5-6H2,1-4H3. The van der Waals surface area contributed by atoms with Crippen LogP contribution < -0.4 is 0 Å². The van der Waals surface area contributed by atoms with Gasteiger partial charge in [-0.3, -0.25) is 9.59 Å². The van der Waals surface area contributed by atoms with Crippen molar-refractivity contribution in [2.45, 2.75) is 63.9 Å². The topological polar surface area (TPSA) is 93.1 Å². The van der Waals surface area contributed by atoms with Crippen LogP contribution in [0, 0.1) is 11.8 Å². The van der Waals surface area contributed by atoms with Gasteiger partial charge >= 0.3 is 11.9 Å². The van der Waals surface area contributed by atoms with E-state index in [1.165, 1.54) is 0 Å². The molecule has 2 heterocycles. The second-order valence-corrected chi connectivity index (χ2v) is 6.83. The molecule has 2 rings (SSSR count). The maximum atomic E-state index is 11.8. The van der Waals surface area contributed by atoms with Gasteiger partial charge in [-0.15, -0.1) is 0 Å². The Kier molecular flexibility index (Phi) is 3.59. The second kappa shape index (κ2) is 4.70. The predicted octanol–water partition coefficient (Wildman–Crippen LogP) is 0.392. The average Bonchev–Trinajstić information content (AvgIpc) is 2.79. The molecule has 114 valence electrons. The molecule has 4 atom stereocenters. The van der Waals surface area contributed by atoms with Gasteiger partial charge in [0.15, 0.2) is 0 Å². The molecule has 2 N–H and O–H groups in total. The molecule has 4 unspecified atom stereocenters. The minimum atomic E-state index is -1.16. The van der Waals surface area contributed by atoms with Gasteiger partial charge in [-0.1, -0.05) is 0 Å². The highest BCUT2D eigenvalue weighted by atomic mass is 16.6.